The lowest BCUT2D eigenvalue weighted by Crippen LogP contribution is -2.37. The molecule has 0 saturated heterocycles. The average Bonchev–Trinajstić information content (AvgIpc) is 3.19. The number of aryl methyl sites for hydroxylation is 3. The highest BCUT2D eigenvalue weighted by Crippen LogP contribution is 2.31. The van der Waals surface area contributed by atoms with Crippen LogP contribution in [-0.2, 0) is 31.2 Å². The molecule has 0 unspecified atom stereocenters. The first-order chi connectivity index (χ1) is 15.5. The van der Waals surface area contributed by atoms with Gasteiger partial charge in [-0.25, -0.2) is 17.2 Å². The maximum absolute atomic E-state index is 13.8. The van der Waals surface area contributed by atoms with E-state index in [1.807, 2.05) is 6.92 Å². The summed E-state index contributed by atoms with van der Waals surface area (Å²) in [5.41, 5.74) is -0.581. The number of pyridine rings is 1. The summed E-state index contributed by atoms with van der Waals surface area (Å²) >= 11 is 0. The van der Waals surface area contributed by atoms with Gasteiger partial charge in [-0.3, -0.25) is 14.2 Å². The lowest BCUT2D eigenvalue weighted by molar-refractivity contribution is 0.589. The first kappa shape index (κ1) is 22.3. The summed E-state index contributed by atoms with van der Waals surface area (Å²) in [6, 6.07) is 7.66. The first-order valence-corrected chi connectivity index (χ1v) is 11.4. The van der Waals surface area contributed by atoms with E-state index >= 15 is 0 Å². The smallest absolute Gasteiger partial charge is 0.316 e. The van der Waals surface area contributed by atoms with Gasteiger partial charge < -0.3 is 9.13 Å². The van der Waals surface area contributed by atoms with Gasteiger partial charge in [-0.15, -0.1) is 0 Å². The maximum atomic E-state index is 13.8. The van der Waals surface area contributed by atoms with E-state index in [2.05, 4.69) is 6.58 Å². The number of fused-ring (bicyclic) bond motifs is 1. The summed E-state index contributed by atoms with van der Waals surface area (Å²) in [4.78, 5) is 38.4. The molecule has 9 nitrogen and oxygen atoms in total. The van der Waals surface area contributed by atoms with Crippen LogP contribution in [0.4, 0.5) is 0 Å². The fourth-order valence-corrected chi connectivity index (χ4v) is 5.34. The van der Waals surface area contributed by atoms with Gasteiger partial charge in [0, 0.05) is 38.9 Å². The summed E-state index contributed by atoms with van der Waals surface area (Å²) < 4.78 is 31.9. The van der Waals surface area contributed by atoms with Crippen molar-refractivity contribution >= 4 is 27.0 Å². The first-order valence-electron chi connectivity index (χ1n) is 9.96. The van der Waals surface area contributed by atoms with Crippen LogP contribution in [0.5, 0.6) is 0 Å². The monoisotopic (exact) mass is 466 g/mol. The van der Waals surface area contributed by atoms with E-state index in [-0.39, 0.29) is 21.7 Å². The van der Waals surface area contributed by atoms with Crippen LogP contribution in [0.25, 0.3) is 28.2 Å². The standard InChI is InChI=1S/C23H22N4O5S/c1-6-15-12-24(3)22(29)20-17(15)11-19(18-13-25(4)23(30)26(5)21(18)28)27(20)33(31,32)16-9-7-14(2)8-10-16/h6-13H,1H2,2-5H3. The molecule has 1 aromatic carbocycles. The molecule has 0 aliphatic carbocycles. The van der Waals surface area contributed by atoms with Crippen molar-refractivity contribution in [1.29, 1.82) is 0 Å². The number of aromatic nitrogens is 4. The van der Waals surface area contributed by atoms with Crippen LogP contribution in [0.2, 0.25) is 0 Å². The number of hydrogen-bond donors (Lipinski definition) is 0. The molecule has 0 amide bonds. The van der Waals surface area contributed by atoms with Gasteiger partial charge >= 0.3 is 5.69 Å². The van der Waals surface area contributed by atoms with Crippen molar-refractivity contribution in [2.45, 2.75) is 11.8 Å². The Morgan fingerprint density at radius 2 is 1.55 bits per heavy atom. The molecule has 3 aromatic heterocycles. The van der Waals surface area contributed by atoms with Gasteiger partial charge in [-0.05, 0) is 30.7 Å². The van der Waals surface area contributed by atoms with E-state index in [4.69, 9.17) is 0 Å². The Kier molecular flexibility index (Phi) is 5.13. The predicted molar refractivity (Wildman–Crippen MR) is 127 cm³/mol. The molecule has 0 bridgehead atoms. The summed E-state index contributed by atoms with van der Waals surface area (Å²) in [6.45, 7) is 5.59. The second-order valence-electron chi connectivity index (χ2n) is 7.88. The molecule has 0 saturated carbocycles. The largest absolute Gasteiger partial charge is 0.330 e. The van der Waals surface area contributed by atoms with Crippen molar-refractivity contribution in [3.63, 3.8) is 0 Å². The fraction of sp³-hybridized carbons (Fsp3) is 0.174. The highest BCUT2D eigenvalue weighted by molar-refractivity contribution is 7.90. The Hall–Kier alpha value is -3.92. The Bertz CT molecular complexity index is 1730. The van der Waals surface area contributed by atoms with Gasteiger partial charge in [0.2, 0.25) is 0 Å². The summed E-state index contributed by atoms with van der Waals surface area (Å²) in [5, 5.41) is 0.328. The topological polar surface area (TPSA) is 105 Å². The minimum Gasteiger partial charge on any atom is -0.316 e. The Balaban J connectivity index is 2.27. The van der Waals surface area contributed by atoms with E-state index in [1.54, 1.807) is 18.3 Å². The highest BCUT2D eigenvalue weighted by atomic mass is 32.2. The molecule has 0 aliphatic rings. The van der Waals surface area contributed by atoms with Crippen LogP contribution < -0.4 is 16.8 Å². The number of hydrogen-bond acceptors (Lipinski definition) is 5. The van der Waals surface area contributed by atoms with Crippen LogP contribution in [0.1, 0.15) is 11.1 Å². The molecule has 33 heavy (non-hydrogen) atoms. The molecule has 0 fully saturated rings. The molecule has 170 valence electrons. The third-order valence-corrected chi connectivity index (χ3v) is 7.35. The van der Waals surface area contributed by atoms with Crippen molar-refractivity contribution < 1.29 is 8.42 Å². The molecule has 0 spiro atoms. The van der Waals surface area contributed by atoms with Crippen LogP contribution in [0, 0.1) is 6.92 Å². The minimum absolute atomic E-state index is 0.0202. The Morgan fingerprint density at radius 3 is 2.15 bits per heavy atom. The van der Waals surface area contributed by atoms with Gasteiger partial charge in [0.1, 0.15) is 5.52 Å². The second kappa shape index (κ2) is 7.59. The SMILES string of the molecule is C=Cc1cn(C)c(=O)c2c1cc(-c1cn(C)c(=O)n(C)c1=O)n2S(=O)(=O)c1ccc(C)cc1. The number of nitrogens with zero attached hydrogens (tertiary/aromatic N) is 4. The third kappa shape index (κ3) is 3.30. The van der Waals surface area contributed by atoms with Crippen LogP contribution >= 0.6 is 0 Å². The van der Waals surface area contributed by atoms with E-state index in [0.717, 1.165) is 14.1 Å². The van der Waals surface area contributed by atoms with E-state index < -0.39 is 26.8 Å². The Labute approximate surface area is 189 Å². The molecule has 0 atom stereocenters. The molecule has 10 heteroatoms. The lowest BCUT2D eigenvalue weighted by atomic mass is 10.1. The molecule has 4 rings (SSSR count). The number of benzene rings is 1. The molecule has 0 aliphatic heterocycles. The van der Waals surface area contributed by atoms with Gasteiger partial charge in [-0.2, -0.15) is 0 Å². The quantitative estimate of drug-likeness (QED) is 0.454. The van der Waals surface area contributed by atoms with Crippen molar-refractivity contribution in [3.8, 4) is 11.3 Å². The third-order valence-electron chi connectivity index (χ3n) is 5.63. The highest BCUT2D eigenvalue weighted by Gasteiger charge is 2.28. The summed E-state index contributed by atoms with van der Waals surface area (Å²) in [7, 11) is -0.0230. The molecule has 3 heterocycles. The molecular weight excluding hydrogens is 444 g/mol. The van der Waals surface area contributed by atoms with Crippen LogP contribution in [0.3, 0.4) is 0 Å². The maximum Gasteiger partial charge on any atom is 0.330 e. The molecular formula is C23H22N4O5S. The van der Waals surface area contributed by atoms with Crippen molar-refractivity contribution in [1.82, 2.24) is 17.7 Å². The zero-order valence-corrected chi connectivity index (χ0v) is 19.4. The van der Waals surface area contributed by atoms with Crippen LogP contribution in [0.15, 0.2) is 68.6 Å². The van der Waals surface area contributed by atoms with E-state index in [9.17, 15) is 22.8 Å². The van der Waals surface area contributed by atoms with Crippen molar-refractivity contribution in [2.24, 2.45) is 21.1 Å². The zero-order valence-electron chi connectivity index (χ0n) is 18.6. The van der Waals surface area contributed by atoms with Gasteiger partial charge in [0.05, 0.1) is 16.2 Å². The van der Waals surface area contributed by atoms with Gasteiger partial charge in [-0.1, -0.05) is 30.4 Å². The van der Waals surface area contributed by atoms with Crippen LogP contribution in [-0.4, -0.2) is 26.1 Å². The van der Waals surface area contributed by atoms with Gasteiger partial charge in [0.25, 0.3) is 21.1 Å². The Morgan fingerprint density at radius 1 is 0.909 bits per heavy atom. The normalized spacial score (nSPS) is 11.8. The number of rotatable bonds is 4. The zero-order chi connectivity index (χ0) is 24.2. The van der Waals surface area contributed by atoms with E-state index in [1.165, 1.54) is 60.7 Å². The molecule has 0 N–H and O–H groups in total. The predicted octanol–water partition coefficient (Wildman–Crippen LogP) is 1.59. The minimum atomic E-state index is -4.30. The van der Waals surface area contributed by atoms with E-state index in [0.29, 0.717) is 10.9 Å². The van der Waals surface area contributed by atoms with Crippen molar-refractivity contribution in [2.75, 3.05) is 0 Å². The summed E-state index contributed by atoms with van der Waals surface area (Å²) in [6.07, 6.45) is 4.33. The lowest BCUT2D eigenvalue weighted by Gasteiger charge is -2.13. The fourth-order valence-electron chi connectivity index (χ4n) is 3.82. The average molecular weight is 467 g/mol. The van der Waals surface area contributed by atoms with Gasteiger partial charge in [0.15, 0.2) is 0 Å². The molecule has 0 radical (unpaired) electrons. The second-order valence-corrected chi connectivity index (χ2v) is 9.67. The molecule has 4 aromatic rings. The summed E-state index contributed by atoms with van der Waals surface area (Å²) in [5.74, 6) is 0. The van der Waals surface area contributed by atoms with Crippen molar-refractivity contribution in [3.05, 3.63) is 91.6 Å².